The molecule has 23 heavy (non-hydrogen) atoms. The third-order valence-corrected chi connectivity index (χ3v) is 3.80. The first kappa shape index (κ1) is 17.4. The zero-order valence-electron chi connectivity index (χ0n) is 13.7. The monoisotopic (exact) mass is 321 g/mol. The van der Waals surface area contributed by atoms with Gasteiger partial charge in [0.1, 0.15) is 24.3 Å². The molecule has 0 amide bonds. The number of aliphatic hydroxyl groups excluding tert-OH is 1. The van der Waals surface area contributed by atoms with E-state index in [1.807, 2.05) is 24.0 Å². The van der Waals surface area contributed by atoms with Gasteiger partial charge >= 0.3 is 0 Å². The minimum Gasteiger partial charge on any atom is -0.491 e. The molecule has 0 radical (unpaired) electrons. The molecule has 0 fully saturated rings. The first-order valence-electron chi connectivity index (χ1n) is 7.76. The first-order valence-corrected chi connectivity index (χ1v) is 7.76. The quantitative estimate of drug-likeness (QED) is 0.783. The molecule has 0 bridgehead atoms. The molecule has 6 heteroatoms. The molecular weight excluding hydrogens is 297 g/mol. The fourth-order valence-electron chi connectivity index (χ4n) is 2.16. The first-order chi connectivity index (χ1) is 11.0. The number of aryl methyl sites for hydroxylation is 1. The molecule has 1 aromatic heterocycles. The molecule has 0 saturated heterocycles. The average Bonchev–Trinajstić information content (AvgIpc) is 2.97. The molecule has 1 aromatic carbocycles. The number of rotatable bonds is 8. The molecule has 0 aliphatic heterocycles. The predicted octanol–water partition coefficient (Wildman–Crippen LogP) is 2.31. The normalized spacial score (nSPS) is 15.2. The summed E-state index contributed by atoms with van der Waals surface area (Å²) in [5.41, 5.74) is 1.12. The van der Waals surface area contributed by atoms with Gasteiger partial charge < -0.3 is 15.2 Å². The van der Waals surface area contributed by atoms with Crippen molar-refractivity contribution >= 4 is 0 Å². The molecule has 5 nitrogen and oxygen atoms in total. The summed E-state index contributed by atoms with van der Waals surface area (Å²) >= 11 is 0. The smallest absolute Gasteiger partial charge is 0.123 e. The van der Waals surface area contributed by atoms with Crippen molar-refractivity contribution in [2.24, 2.45) is 0 Å². The highest BCUT2D eigenvalue weighted by Gasteiger charge is 2.16. The van der Waals surface area contributed by atoms with Crippen LogP contribution in [0.4, 0.5) is 4.39 Å². The Labute approximate surface area is 136 Å². The molecule has 0 aliphatic rings. The summed E-state index contributed by atoms with van der Waals surface area (Å²) in [4.78, 5) is 0. The lowest BCUT2D eigenvalue weighted by molar-refractivity contribution is 0.102. The second kappa shape index (κ2) is 8.08. The van der Waals surface area contributed by atoms with Crippen LogP contribution in [0.5, 0.6) is 5.75 Å². The average molecular weight is 321 g/mol. The maximum atomic E-state index is 12.8. The standard InChI is InChI=1S/C17H24FN3O2/c1-12-8-20-21(10-12)14(3)13(2)19-9-16(22)11-23-17-6-4-15(18)5-7-17/h4-8,10,13-14,16,19,22H,9,11H2,1-3H3/t13-,14+,16-/m0/s1. The Morgan fingerprint density at radius 1 is 1.30 bits per heavy atom. The van der Waals surface area contributed by atoms with Crippen LogP contribution < -0.4 is 10.1 Å². The number of halogens is 1. The van der Waals surface area contributed by atoms with Gasteiger partial charge in [0.05, 0.1) is 12.2 Å². The van der Waals surface area contributed by atoms with Crippen LogP contribution in [-0.4, -0.2) is 40.2 Å². The lowest BCUT2D eigenvalue weighted by Crippen LogP contribution is -2.40. The van der Waals surface area contributed by atoms with Gasteiger partial charge in [0.2, 0.25) is 0 Å². The van der Waals surface area contributed by atoms with Crippen LogP contribution in [0.1, 0.15) is 25.5 Å². The van der Waals surface area contributed by atoms with Crippen molar-refractivity contribution in [3.8, 4) is 5.75 Å². The number of ether oxygens (including phenoxy) is 1. The van der Waals surface area contributed by atoms with Crippen LogP contribution in [0.3, 0.4) is 0 Å². The summed E-state index contributed by atoms with van der Waals surface area (Å²) < 4.78 is 20.1. The lowest BCUT2D eigenvalue weighted by Gasteiger charge is -2.23. The molecular formula is C17H24FN3O2. The van der Waals surface area contributed by atoms with Crippen molar-refractivity contribution in [3.63, 3.8) is 0 Å². The zero-order chi connectivity index (χ0) is 16.8. The highest BCUT2D eigenvalue weighted by atomic mass is 19.1. The van der Waals surface area contributed by atoms with Crippen molar-refractivity contribution in [2.45, 2.75) is 39.0 Å². The van der Waals surface area contributed by atoms with E-state index in [1.54, 1.807) is 12.1 Å². The van der Waals surface area contributed by atoms with Crippen LogP contribution in [0, 0.1) is 12.7 Å². The number of aliphatic hydroxyl groups is 1. The van der Waals surface area contributed by atoms with Crippen LogP contribution in [0.25, 0.3) is 0 Å². The molecule has 0 unspecified atom stereocenters. The number of hydrogen-bond acceptors (Lipinski definition) is 4. The topological polar surface area (TPSA) is 59.3 Å². The van der Waals surface area contributed by atoms with Gasteiger partial charge in [-0.3, -0.25) is 4.68 Å². The Bertz CT molecular complexity index is 600. The van der Waals surface area contributed by atoms with E-state index in [0.29, 0.717) is 12.3 Å². The van der Waals surface area contributed by atoms with E-state index < -0.39 is 6.10 Å². The lowest BCUT2D eigenvalue weighted by atomic mass is 10.1. The number of benzene rings is 1. The fraction of sp³-hybridized carbons (Fsp3) is 0.471. The maximum Gasteiger partial charge on any atom is 0.123 e. The van der Waals surface area contributed by atoms with Crippen LogP contribution >= 0.6 is 0 Å². The number of aromatic nitrogens is 2. The minimum absolute atomic E-state index is 0.148. The molecule has 2 aromatic rings. The molecule has 0 spiro atoms. The van der Waals surface area contributed by atoms with E-state index in [1.165, 1.54) is 12.1 Å². The van der Waals surface area contributed by atoms with Crippen molar-refractivity contribution in [1.29, 1.82) is 0 Å². The van der Waals surface area contributed by atoms with Gasteiger partial charge in [0, 0.05) is 18.8 Å². The third kappa shape index (κ3) is 5.33. The number of nitrogens with one attached hydrogen (secondary N) is 1. The van der Waals surface area contributed by atoms with E-state index in [0.717, 1.165) is 5.56 Å². The largest absolute Gasteiger partial charge is 0.491 e. The van der Waals surface area contributed by atoms with Crippen LogP contribution in [0.2, 0.25) is 0 Å². The van der Waals surface area contributed by atoms with Gasteiger partial charge in [-0.2, -0.15) is 5.10 Å². The molecule has 0 aliphatic carbocycles. The Balaban J connectivity index is 1.72. The number of hydrogen-bond donors (Lipinski definition) is 2. The zero-order valence-corrected chi connectivity index (χ0v) is 13.7. The van der Waals surface area contributed by atoms with Crippen molar-refractivity contribution in [1.82, 2.24) is 15.1 Å². The summed E-state index contributed by atoms with van der Waals surface area (Å²) in [7, 11) is 0. The summed E-state index contributed by atoms with van der Waals surface area (Å²) in [6.45, 7) is 6.69. The van der Waals surface area contributed by atoms with E-state index in [2.05, 4.69) is 24.3 Å². The SMILES string of the molecule is Cc1cnn([C@H](C)[C@H](C)NC[C@H](O)COc2ccc(F)cc2)c1. The van der Waals surface area contributed by atoms with Crippen molar-refractivity contribution in [3.05, 3.63) is 48.0 Å². The third-order valence-electron chi connectivity index (χ3n) is 3.80. The van der Waals surface area contributed by atoms with E-state index in [-0.39, 0.29) is 24.5 Å². The summed E-state index contributed by atoms with van der Waals surface area (Å²) in [6, 6.07) is 6.06. The number of nitrogens with zero attached hydrogens (tertiary/aromatic N) is 2. The summed E-state index contributed by atoms with van der Waals surface area (Å²) in [5.74, 6) is 0.232. The molecule has 2 N–H and O–H groups in total. The maximum absolute atomic E-state index is 12.8. The summed E-state index contributed by atoms with van der Waals surface area (Å²) in [6.07, 6.45) is 3.18. The van der Waals surface area contributed by atoms with Gasteiger partial charge in [0.15, 0.2) is 0 Å². The highest BCUT2D eigenvalue weighted by molar-refractivity contribution is 5.22. The Morgan fingerprint density at radius 3 is 2.61 bits per heavy atom. The van der Waals surface area contributed by atoms with E-state index in [9.17, 15) is 9.50 Å². The second-order valence-electron chi connectivity index (χ2n) is 5.85. The minimum atomic E-state index is -0.644. The fourth-order valence-corrected chi connectivity index (χ4v) is 2.16. The predicted molar refractivity (Wildman–Crippen MR) is 87.0 cm³/mol. The van der Waals surface area contributed by atoms with Crippen molar-refractivity contribution < 1.29 is 14.2 Å². The molecule has 2 rings (SSSR count). The Hall–Kier alpha value is -1.92. The molecule has 0 saturated carbocycles. The Kier molecular flexibility index (Phi) is 6.12. The molecule has 3 atom stereocenters. The van der Waals surface area contributed by atoms with Crippen molar-refractivity contribution in [2.75, 3.05) is 13.2 Å². The van der Waals surface area contributed by atoms with Gasteiger partial charge in [-0.05, 0) is 50.6 Å². The van der Waals surface area contributed by atoms with Crippen LogP contribution in [0.15, 0.2) is 36.7 Å². The molecule has 1 heterocycles. The van der Waals surface area contributed by atoms with E-state index in [4.69, 9.17) is 4.74 Å². The van der Waals surface area contributed by atoms with Gasteiger partial charge in [-0.25, -0.2) is 4.39 Å². The van der Waals surface area contributed by atoms with Crippen LogP contribution in [-0.2, 0) is 0 Å². The van der Waals surface area contributed by atoms with Gasteiger partial charge in [0.25, 0.3) is 0 Å². The second-order valence-corrected chi connectivity index (χ2v) is 5.85. The Morgan fingerprint density at radius 2 is 2.00 bits per heavy atom. The molecule has 126 valence electrons. The van der Waals surface area contributed by atoms with Gasteiger partial charge in [-0.1, -0.05) is 0 Å². The van der Waals surface area contributed by atoms with E-state index >= 15 is 0 Å². The summed E-state index contributed by atoms with van der Waals surface area (Å²) in [5, 5.41) is 17.6. The highest BCUT2D eigenvalue weighted by Crippen LogP contribution is 2.12. The van der Waals surface area contributed by atoms with Gasteiger partial charge in [-0.15, -0.1) is 0 Å².